The van der Waals surface area contributed by atoms with Gasteiger partial charge in [0.25, 0.3) is 5.91 Å². The van der Waals surface area contributed by atoms with Crippen LogP contribution in [0.1, 0.15) is 39.5 Å². The van der Waals surface area contributed by atoms with Crippen LogP contribution in [0.5, 0.6) is 0 Å². The molecule has 0 saturated heterocycles. The Morgan fingerprint density at radius 2 is 1.68 bits per heavy atom. The number of aromatic nitrogens is 3. The van der Waals surface area contributed by atoms with Gasteiger partial charge in [-0.2, -0.15) is 0 Å². The van der Waals surface area contributed by atoms with Gasteiger partial charge in [-0.1, -0.05) is 73.3 Å². The number of halogens is 1. The van der Waals surface area contributed by atoms with Crippen molar-refractivity contribution in [3.05, 3.63) is 125 Å². The van der Waals surface area contributed by atoms with Crippen LogP contribution in [0, 0.1) is 5.82 Å². The van der Waals surface area contributed by atoms with E-state index in [1.807, 2.05) is 41.0 Å². The number of pyridine rings is 1. The van der Waals surface area contributed by atoms with Gasteiger partial charge in [0, 0.05) is 29.6 Å². The Balaban J connectivity index is 1.25. The number of carbonyl (C=O) groups excluding carboxylic acids is 1. The number of aryl methyl sites for hydroxylation is 1. The lowest BCUT2D eigenvalue weighted by molar-refractivity contribution is 0.0951. The van der Waals surface area contributed by atoms with Crippen molar-refractivity contribution in [3.8, 4) is 0 Å². The first kappa shape index (κ1) is 24.7. The maximum Gasteiger partial charge on any atom is 0.251 e. The predicted octanol–water partition coefficient (Wildman–Crippen LogP) is 6.40. The molecule has 1 N–H and O–H groups in total. The minimum absolute atomic E-state index is 0.0991. The van der Waals surface area contributed by atoms with Gasteiger partial charge >= 0.3 is 0 Å². The molecule has 0 saturated carbocycles. The monoisotopic (exact) mass is 510 g/mol. The van der Waals surface area contributed by atoms with Crippen LogP contribution in [0.15, 0.2) is 96.4 Å². The molecule has 0 bridgehead atoms. The molecule has 0 spiro atoms. The molecule has 0 fully saturated rings. The minimum atomic E-state index is -0.240. The number of nitrogens with one attached hydrogen (secondary N) is 1. The van der Waals surface area contributed by atoms with E-state index in [4.69, 9.17) is 4.98 Å². The number of benzene rings is 3. The predicted molar refractivity (Wildman–Crippen MR) is 146 cm³/mol. The van der Waals surface area contributed by atoms with Gasteiger partial charge in [-0.15, -0.1) is 0 Å². The van der Waals surface area contributed by atoms with Gasteiger partial charge in [0.2, 0.25) is 0 Å². The fourth-order valence-corrected chi connectivity index (χ4v) is 5.05. The van der Waals surface area contributed by atoms with Gasteiger partial charge in [-0.05, 0) is 47.4 Å². The quantitative estimate of drug-likeness (QED) is 0.233. The molecule has 0 radical (unpaired) electrons. The Labute approximate surface area is 219 Å². The van der Waals surface area contributed by atoms with Crippen LogP contribution in [-0.4, -0.2) is 20.4 Å². The van der Waals surface area contributed by atoms with Gasteiger partial charge in [0.15, 0.2) is 5.16 Å². The van der Waals surface area contributed by atoms with Crippen LogP contribution in [0.3, 0.4) is 0 Å². The standard InChI is InChI=1S/C30H27FN4OS/c1-2-21-7-9-22(10-8-21)17-33-29(36)24-13-11-23(12-14-24)20-37-30-34-27-15-16-32-18-28(27)35(30)19-25-5-3-4-6-26(25)31/h3-16,18H,2,17,19-20H2,1H3,(H,33,36). The third-order valence-electron chi connectivity index (χ3n) is 6.27. The topological polar surface area (TPSA) is 59.8 Å². The Morgan fingerprint density at radius 1 is 0.946 bits per heavy atom. The highest BCUT2D eigenvalue weighted by molar-refractivity contribution is 7.98. The van der Waals surface area contributed by atoms with Gasteiger partial charge < -0.3 is 9.88 Å². The molecule has 0 atom stereocenters. The number of hydrogen-bond acceptors (Lipinski definition) is 4. The Bertz CT molecular complexity index is 1510. The maximum absolute atomic E-state index is 14.4. The lowest BCUT2D eigenvalue weighted by atomic mass is 10.1. The SMILES string of the molecule is CCc1ccc(CNC(=O)c2ccc(CSc3nc4ccncc4n3Cc3ccccc3F)cc2)cc1. The first-order valence-electron chi connectivity index (χ1n) is 12.2. The number of fused-ring (bicyclic) bond motifs is 1. The van der Waals surface area contributed by atoms with E-state index in [2.05, 4.69) is 41.5 Å². The number of thioether (sulfide) groups is 1. The highest BCUT2D eigenvalue weighted by Crippen LogP contribution is 2.28. The Hall–Kier alpha value is -3.97. The largest absolute Gasteiger partial charge is 0.348 e. The average molecular weight is 511 g/mol. The van der Waals surface area contributed by atoms with Crippen molar-refractivity contribution >= 4 is 28.7 Å². The van der Waals surface area contributed by atoms with E-state index in [-0.39, 0.29) is 11.7 Å². The fraction of sp³-hybridized carbons (Fsp3) is 0.167. The lowest BCUT2D eigenvalue weighted by Gasteiger charge is -2.10. The molecule has 37 heavy (non-hydrogen) atoms. The molecule has 0 aliphatic carbocycles. The van der Waals surface area contributed by atoms with Crippen LogP contribution < -0.4 is 5.32 Å². The van der Waals surface area contributed by atoms with Crippen LogP contribution >= 0.6 is 11.8 Å². The smallest absolute Gasteiger partial charge is 0.251 e. The van der Waals surface area contributed by atoms with E-state index in [0.717, 1.165) is 33.7 Å². The third kappa shape index (κ3) is 5.89. The molecule has 5 rings (SSSR count). The second kappa shape index (κ2) is 11.4. The number of amides is 1. The summed E-state index contributed by atoms with van der Waals surface area (Å²) in [5.74, 6) is 0.327. The van der Waals surface area contributed by atoms with Gasteiger partial charge in [-0.3, -0.25) is 9.78 Å². The van der Waals surface area contributed by atoms with Crippen molar-refractivity contribution < 1.29 is 9.18 Å². The molecule has 0 aliphatic rings. The molecule has 2 heterocycles. The summed E-state index contributed by atoms with van der Waals surface area (Å²) in [7, 11) is 0. The summed E-state index contributed by atoms with van der Waals surface area (Å²) in [6.07, 6.45) is 4.47. The second-order valence-electron chi connectivity index (χ2n) is 8.77. The zero-order valence-corrected chi connectivity index (χ0v) is 21.3. The molecule has 1 amide bonds. The van der Waals surface area contributed by atoms with E-state index in [1.165, 1.54) is 11.6 Å². The molecule has 0 unspecified atom stereocenters. The van der Waals surface area contributed by atoms with Crippen molar-refractivity contribution in [2.45, 2.75) is 37.3 Å². The van der Waals surface area contributed by atoms with E-state index < -0.39 is 0 Å². The van der Waals surface area contributed by atoms with Crippen LogP contribution in [0.25, 0.3) is 11.0 Å². The molecular weight excluding hydrogens is 483 g/mol. The third-order valence-corrected chi connectivity index (χ3v) is 7.32. The highest BCUT2D eigenvalue weighted by atomic mass is 32.2. The zero-order valence-electron chi connectivity index (χ0n) is 20.5. The Morgan fingerprint density at radius 3 is 2.43 bits per heavy atom. The summed E-state index contributed by atoms with van der Waals surface area (Å²) < 4.78 is 16.4. The number of carbonyl (C=O) groups is 1. The van der Waals surface area contributed by atoms with Crippen molar-refractivity contribution in [2.75, 3.05) is 0 Å². The number of rotatable bonds is 9. The first-order chi connectivity index (χ1) is 18.1. The van der Waals surface area contributed by atoms with Crippen LogP contribution in [-0.2, 0) is 25.3 Å². The summed E-state index contributed by atoms with van der Waals surface area (Å²) in [6, 6.07) is 24.5. The zero-order chi connectivity index (χ0) is 25.6. The molecule has 5 nitrogen and oxygen atoms in total. The van der Waals surface area contributed by atoms with E-state index >= 15 is 0 Å². The number of imidazole rings is 1. The summed E-state index contributed by atoms with van der Waals surface area (Å²) in [5.41, 5.74) is 6.34. The van der Waals surface area contributed by atoms with Gasteiger partial charge in [0.1, 0.15) is 5.82 Å². The minimum Gasteiger partial charge on any atom is -0.348 e. The summed E-state index contributed by atoms with van der Waals surface area (Å²) in [4.78, 5) is 21.6. The normalized spacial score (nSPS) is 11.1. The van der Waals surface area contributed by atoms with Gasteiger partial charge in [0.05, 0.1) is 23.8 Å². The fourth-order valence-electron chi connectivity index (χ4n) is 4.09. The van der Waals surface area contributed by atoms with Crippen LogP contribution in [0.4, 0.5) is 4.39 Å². The molecule has 5 aromatic rings. The van der Waals surface area contributed by atoms with Crippen molar-refractivity contribution in [2.24, 2.45) is 0 Å². The lowest BCUT2D eigenvalue weighted by Crippen LogP contribution is -2.22. The Kier molecular flexibility index (Phi) is 7.61. The molecule has 3 aromatic carbocycles. The van der Waals surface area contributed by atoms with E-state index in [1.54, 1.807) is 36.3 Å². The number of nitrogens with zero attached hydrogens (tertiary/aromatic N) is 3. The summed E-state index contributed by atoms with van der Waals surface area (Å²) >= 11 is 1.58. The maximum atomic E-state index is 14.4. The second-order valence-corrected chi connectivity index (χ2v) is 9.72. The summed E-state index contributed by atoms with van der Waals surface area (Å²) in [6.45, 7) is 2.99. The average Bonchev–Trinajstić information content (AvgIpc) is 3.29. The van der Waals surface area contributed by atoms with Crippen molar-refractivity contribution in [3.63, 3.8) is 0 Å². The van der Waals surface area contributed by atoms with E-state index in [0.29, 0.717) is 30.0 Å². The molecule has 0 aliphatic heterocycles. The molecule has 2 aromatic heterocycles. The summed E-state index contributed by atoms with van der Waals surface area (Å²) in [5, 5.41) is 3.78. The first-order valence-corrected chi connectivity index (χ1v) is 13.2. The van der Waals surface area contributed by atoms with Crippen LogP contribution in [0.2, 0.25) is 0 Å². The van der Waals surface area contributed by atoms with Crippen molar-refractivity contribution in [1.82, 2.24) is 19.9 Å². The van der Waals surface area contributed by atoms with Gasteiger partial charge in [-0.25, -0.2) is 9.37 Å². The molecule has 7 heteroatoms. The molecular formula is C30H27FN4OS. The van der Waals surface area contributed by atoms with Crippen molar-refractivity contribution in [1.29, 1.82) is 0 Å². The van der Waals surface area contributed by atoms with E-state index in [9.17, 15) is 9.18 Å². The number of hydrogen-bond donors (Lipinski definition) is 1. The molecule has 186 valence electrons. The highest BCUT2D eigenvalue weighted by Gasteiger charge is 2.14.